The van der Waals surface area contributed by atoms with Crippen molar-refractivity contribution in [1.29, 1.82) is 0 Å². The number of allylic oxidation sites excluding steroid dienone is 2. The SMILES string of the molecule is CC(/C=C(\C)[N-]c1c(CSc2ccccc2)cccc1C(C)C)=Nc1c(C(C)C)cccc1C(C)C. The van der Waals surface area contributed by atoms with E-state index in [0.29, 0.717) is 17.8 Å². The number of para-hydroxylation sites is 2. The molecule has 0 unspecified atom stereocenters. The van der Waals surface area contributed by atoms with Crippen molar-refractivity contribution in [2.24, 2.45) is 4.99 Å². The van der Waals surface area contributed by atoms with Gasteiger partial charge < -0.3 is 5.32 Å². The lowest BCUT2D eigenvalue weighted by Crippen LogP contribution is -1.98. The molecule has 3 aromatic carbocycles. The van der Waals surface area contributed by atoms with Gasteiger partial charge in [-0.25, -0.2) is 0 Å². The fraction of sp³-hybridized carbons (Fsp3) is 0.364. The molecular weight excluding hydrogens is 456 g/mol. The standard InChI is InChI=1S/C33H41N2S/c1-22(2)29-17-12-14-27(21-36-28-15-10-9-11-16-28)32(29)34-25(7)20-26(8)35-33-30(23(3)4)18-13-19-31(33)24(5)6/h9-20,22-24H,21H2,1-8H3/q-1/b25-20+,35-26?. The molecular formula is C33H41N2S-. The second-order valence-electron chi connectivity index (χ2n) is 10.4. The zero-order valence-electron chi connectivity index (χ0n) is 23.2. The maximum absolute atomic E-state index is 5.16. The molecule has 36 heavy (non-hydrogen) atoms. The summed E-state index contributed by atoms with van der Waals surface area (Å²) >= 11 is 1.86. The lowest BCUT2D eigenvalue weighted by molar-refractivity contribution is 0.834. The molecule has 3 aromatic rings. The zero-order chi connectivity index (χ0) is 26.2. The highest BCUT2D eigenvalue weighted by atomic mass is 32.2. The number of hydrogen-bond donors (Lipinski definition) is 0. The molecule has 0 saturated carbocycles. The van der Waals surface area contributed by atoms with Crippen LogP contribution in [-0.2, 0) is 5.75 Å². The summed E-state index contributed by atoms with van der Waals surface area (Å²) in [6.07, 6.45) is 2.12. The van der Waals surface area contributed by atoms with Crippen LogP contribution in [0.25, 0.3) is 5.32 Å². The van der Waals surface area contributed by atoms with Crippen molar-refractivity contribution < 1.29 is 0 Å². The molecule has 0 aliphatic carbocycles. The Hall–Kier alpha value is -2.78. The third kappa shape index (κ3) is 7.36. The van der Waals surface area contributed by atoms with Gasteiger partial charge in [0.1, 0.15) is 0 Å². The lowest BCUT2D eigenvalue weighted by atomic mass is 9.93. The summed E-state index contributed by atoms with van der Waals surface area (Å²) in [5.41, 5.74) is 9.33. The van der Waals surface area contributed by atoms with Gasteiger partial charge in [-0.05, 0) is 47.9 Å². The Morgan fingerprint density at radius 2 is 1.31 bits per heavy atom. The van der Waals surface area contributed by atoms with Gasteiger partial charge in [-0.2, -0.15) is 5.70 Å². The fourth-order valence-electron chi connectivity index (χ4n) is 4.37. The molecule has 0 spiro atoms. The van der Waals surface area contributed by atoms with Crippen LogP contribution in [-0.4, -0.2) is 5.71 Å². The predicted molar refractivity (Wildman–Crippen MR) is 161 cm³/mol. The van der Waals surface area contributed by atoms with E-state index in [9.17, 15) is 0 Å². The molecule has 0 aliphatic heterocycles. The Labute approximate surface area is 223 Å². The van der Waals surface area contributed by atoms with Crippen molar-refractivity contribution in [1.82, 2.24) is 0 Å². The van der Waals surface area contributed by atoms with Crippen LogP contribution < -0.4 is 0 Å². The predicted octanol–water partition coefficient (Wildman–Crippen LogP) is 11.1. The minimum atomic E-state index is 0.402. The summed E-state index contributed by atoms with van der Waals surface area (Å²) in [5, 5.41) is 5.16. The maximum atomic E-state index is 5.16. The Morgan fingerprint density at radius 3 is 1.89 bits per heavy atom. The number of nitrogens with zero attached hydrogens (tertiary/aromatic N) is 2. The van der Waals surface area contributed by atoms with Gasteiger partial charge in [0, 0.05) is 16.4 Å². The molecule has 0 atom stereocenters. The third-order valence-electron chi connectivity index (χ3n) is 6.25. The number of thioether (sulfide) groups is 1. The first kappa shape index (κ1) is 27.8. The van der Waals surface area contributed by atoms with Gasteiger partial charge in [0.2, 0.25) is 0 Å². The minimum absolute atomic E-state index is 0.402. The molecule has 0 amide bonds. The number of hydrogen-bond acceptors (Lipinski definition) is 2. The third-order valence-corrected chi connectivity index (χ3v) is 7.31. The first-order valence-electron chi connectivity index (χ1n) is 13.0. The number of aliphatic imine (C=N–C) groups is 1. The van der Waals surface area contributed by atoms with Crippen LogP contribution in [0, 0.1) is 0 Å². The van der Waals surface area contributed by atoms with Crippen molar-refractivity contribution in [2.45, 2.75) is 83.8 Å². The second kappa shape index (κ2) is 13.0. The van der Waals surface area contributed by atoms with E-state index < -0.39 is 0 Å². The molecule has 0 bridgehead atoms. The Balaban J connectivity index is 1.92. The first-order chi connectivity index (χ1) is 17.2. The first-order valence-corrected chi connectivity index (χ1v) is 14.0. The van der Waals surface area contributed by atoms with Gasteiger partial charge in [-0.1, -0.05) is 120 Å². The fourth-order valence-corrected chi connectivity index (χ4v) is 5.27. The van der Waals surface area contributed by atoms with Crippen LogP contribution in [0.15, 0.2) is 88.4 Å². The summed E-state index contributed by atoms with van der Waals surface area (Å²) in [5.74, 6) is 2.14. The summed E-state index contributed by atoms with van der Waals surface area (Å²) in [6, 6.07) is 23.7. The van der Waals surface area contributed by atoms with Crippen LogP contribution in [0.4, 0.5) is 11.4 Å². The molecule has 0 saturated heterocycles. The molecule has 0 fully saturated rings. The largest absolute Gasteiger partial charge is 0.661 e. The quantitative estimate of drug-likeness (QED) is 0.202. The van der Waals surface area contributed by atoms with Crippen molar-refractivity contribution in [2.75, 3.05) is 0 Å². The van der Waals surface area contributed by atoms with Crippen molar-refractivity contribution in [3.63, 3.8) is 0 Å². The van der Waals surface area contributed by atoms with E-state index in [1.165, 1.54) is 27.1 Å². The number of rotatable bonds is 10. The van der Waals surface area contributed by atoms with Gasteiger partial charge in [-0.15, -0.1) is 17.4 Å². The molecule has 2 nitrogen and oxygen atoms in total. The molecule has 0 N–H and O–H groups in total. The lowest BCUT2D eigenvalue weighted by Gasteiger charge is -2.31. The Kier molecular flexibility index (Phi) is 10.0. The molecule has 190 valence electrons. The molecule has 0 heterocycles. The second-order valence-corrected chi connectivity index (χ2v) is 11.4. The topological polar surface area (TPSA) is 26.5 Å². The van der Waals surface area contributed by atoms with Gasteiger partial charge in [0.15, 0.2) is 0 Å². The van der Waals surface area contributed by atoms with E-state index in [0.717, 1.165) is 28.5 Å². The van der Waals surface area contributed by atoms with E-state index in [1.807, 2.05) is 11.8 Å². The van der Waals surface area contributed by atoms with E-state index in [-0.39, 0.29) is 0 Å². The van der Waals surface area contributed by atoms with Crippen LogP contribution in [0.2, 0.25) is 0 Å². The molecule has 3 heteroatoms. The van der Waals surface area contributed by atoms with E-state index in [1.54, 1.807) is 0 Å². The van der Waals surface area contributed by atoms with E-state index in [4.69, 9.17) is 10.3 Å². The van der Waals surface area contributed by atoms with Crippen molar-refractivity contribution in [3.05, 3.63) is 106 Å². The maximum Gasteiger partial charge on any atom is 0.0701 e. The summed E-state index contributed by atoms with van der Waals surface area (Å²) in [6.45, 7) is 17.6. The van der Waals surface area contributed by atoms with Crippen LogP contribution in [0.3, 0.4) is 0 Å². The van der Waals surface area contributed by atoms with Crippen LogP contribution in [0.1, 0.15) is 95.4 Å². The zero-order valence-corrected chi connectivity index (χ0v) is 24.0. The van der Waals surface area contributed by atoms with E-state index >= 15 is 0 Å². The average molecular weight is 498 g/mol. The molecule has 3 rings (SSSR count). The van der Waals surface area contributed by atoms with Gasteiger partial charge in [-0.3, -0.25) is 4.99 Å². The van der Waals surface area contributed by atoms with Gasteiger partial charge in [0.05, 0.1) is 5.69 Å². The molecule has 0 radical (unpaired) electrons. The highest BCUT2D eigenvalue weighted by Gasteiger charge is 2.13. The highest BCUT2D eigenvalue weighted by molar-refractivity contribution is 7.98. The van der Waals surface area contributed by atoms with Crippen molar-refractivity contribution in [3.8, 4) is 0 Å². The normalized spacial score (nSPS) is 12.6. The number of benzene rings is 3. The van der Waals surface area contributed by atoms with E-state index in [2.05, 4.69) is 128 Å². The molecule has 0 aliphatic rings. The van der Waals surface area contributed by atoms with Gasteiger partial charge >= 0.3 is 0 Å². The average Bonchev–Trinajstić information content (AvgIpc) is 2.83. The summed E-state index contributed by atoms with van der Waals surface area (Å²) < 4.78 is 0. The van der Waals surface area contributed by atoms with Gasteiger partial charge in [0.25, 0.3) is 0 Å². The monoisotopic (exact) mass is 497 g/mol. The smallest absolute Gasteiger partial charge is 0.0701 e. The summed E-state index contributed by atoms with van der Waals surface area (Å²) in [7, 11) is 0. The Bertz CT molecular complexity index is 1180. The summed E-state index contributed by atoms with van der Waals surface area (Å²) in [4.78, 5) is 6.39. The van der Waals surface area contributed by atoms with Crippen LogP contribution >= 0.6 is 11.8 Å². The minimum Gasteiger partial charge on any atom is -0.661 e. The van der Waals surface area contributed by atoms with Crippen LogP contribution in [0.5, 0.6) is 0 Å². The Morgan fingerprint density at radius 1 is 0.750 bits per heavy atom. The van der Waals surface area contributed by atoms with Crippen molar-refractivity contribution >= 4 is 28.8 Å². The highest BCUT2D eigenvalue weighted by Crippen LogP contribution is 2.39. The molecule has 0 aromatic heterocycles.